The molecule has 0 fully saturated rings. The molecule has 2 rings (SSSR count). The molecule has 25 heavy (non-hydrogen) atoms. The second kappa shape index (κ2) is 8.15. The Bertz CT molecular complexity index is 816. The van der Waals surface area contributed by atoms with Crippen LogP contribution in [-0.2, 0) is 16.7 Å². The predicted molar refractivity (Wildman–Crippen MR) is 95.1 cm³/mol. The fourth-order valence-electron chi connectivity index (χ4n) is 2.42. The summed E-state index contributed by atoms with van der Waals surface area (Å²) in [6.07, 6.45) is 4.18. The van der Waals surface area contributed by atoms with Crippen molar-refractivity contribution < 1.29 is 17.4 Å². The minimum absolute atomic E-state index is 0.0268. The number of benzene rings is 1. The highest BCUT2D eigenvalue weighted by Gasteiger charge is 2.22. The number of aromatic nitrogens is 2. The first-order valence-electron chi connectivity index (χ1n) is 8.10. The van der Waals surface area contributed by atoms with Gasteiger partial charge in [-0.2, -0.15) is 8.42 Å². The molecule has 8 heteroatoms. The molecule has 0 aliphatic carbocycles. The highest BCUT2D eigenvalue weighted by atomic mass is 32.2. The Morgan fingerprint density at radius 1 is 1.32 bits per heavy atom. The van der Waals surface area contributed by atoms with Gasteiger partial charge in [0, 0.05) is 12.2 Å². The summed E-state index contributed by atoms with van der Waals surface area (Å²) in [7, 11) is -3.79. The monoisotopic (exact) mass is 365 g/mol. The number of hydrogen-bond donors (Lipinski definition) is 1. The maximum Gasteiger partial charge on any atom is 0.307 e. The first kappa shape index (κ1) is 19.0. The van der Waals surface area contributed by atoms with Crippen molar-refractivity contribution in [1.82, 2.24) is 15.1 Å². The first-order valence-corrected chi connectivity index (χ1v) is 9.92. The molecule has 7 nitrogen and oxygen atoms in total. The molecule has 0 radical (unpaired) electrons. The van der Waals surface area contributed by atoms with Gasteiger partial charge in [0.15, 0.2) is 0 Å². The van der Waals surface area contributed by atoms with Gasteiger partial charge in [-0.3, -0.25) is 9.48 Å². The number of carbonyl (C=O) groups excluding carboxylic acids is 1. The van der Waals surface area contributed by atoms with Crippen LogP contribution in [0.2, 0.25) is 0 Å². The summed E-state index contributed by atoms with van der Waals surface area (Å²) >= 11 is 0. The van der Waals surface area contributed by atoms with Gasteiger partial charge < -0.3 is 9.50 Å². The standard InChI is InChI=1S/C17H23N3O4S/c1-4-8-13(2)18-16(21)15-12-20(11-14-9-6-5-7-10-14)19-17(15)24-25(3,22)23/h5-7,9-10,12-13H,4,8,11H2,1-3H3,(H,18,21). The van der Waals surface area contributed by atoms with E-state index in [0.717, 1.165) is 24.7 Å². The predicted octanol–water partition coefficient (Wildman–Crippen LogP) is 2.19. The molecule has 1 N–H and O–H groups in total. The minimum Gasteiger partial charge on any atom is -0.359 e. The fraction of sp³-hybridized carbons (Fsp3) is 0.412. The van der Waals surface area contributed by atoms with Gasteiger partial charge in [0.05, 0.1) is 12.8 Å². The highest BCUT2D eigenvalue weighted by molar-refractivity contribution is 7.86. The number of carbonyl (C=O) groups is 1. The van der Waals surface area contributed by atoms with Crippen molar-refractivity contribution in [2.24, 2.45) is 0 Å². The summed E-state index contributed by atoms with van der Waals surface area (Å²) in [5, 5.41) is 6.95. The van der Waals surface area contributed by atoms with Crippen LogP contribution in [0.1, 0.15) is 42.6 Å². The topological polar surface area (TPSA) is 90.3 Å². The van der Waals surface area contributed by atoms with Gasteiger partial charge in [0.1, 0.15) is 5.56 Å². The van der Waals surface area contributed by atoms with Crippen LogP contribution in [0.15, 0.2) is 36.5 Å². The number of nitrogens with one attached hydrogen (secondary N) is 1. The van der Waals surface area contributed by atoms with Gasteiger partial charge >= 0.3 is 10.1 Å². The highest BCUT2D eigenvalue weighted by Crippen LogP contribution is 2.19. The molecule has 1 aromatic carbocycles. The average molecular weight is 365 g/mol. The van der Waals surface area contributed by atoms with Gasteiger partial charge in [-0.15, -0.1) is 5.10 Å². The van der Waals surface area contributed by atoms with Crippen LogP contribution in [0.5, 0.6) is 5.88 Å². The van der Waals surface area contributed by atoms with Crippen molar-refractivity contribution in [3.63, 3.8) is 0 Å². The molecule has 0 aliphatic rings. The Kier molecular flexibility index (Phi) is 6.19. The molecule has 0 saturated carbocycles. The molecule has 0 spiro atoms. The van der Waals surface area contributed by atoms with Crippen molar-refractivity contribution in [2.45, 2.75) is 39.3 Å². The van der Waals surface area contributed by atoms with Crippen LogP contribution in [-0.4, -0.2) is 36.4 Å². The van der Waals surface area contributed by atoms with Gasteiger partial charge in [0.25, 0.3) is 11.8 Å². The zero-order valence-electron chi connectivity index (χ0n) is 14.6. The molecular formula is C17H23N3O4S. The average Bonchev–Trinajstić information content (AvgIpc) is 2.89. The molecule has 1 heterocycles. The summed E-state index contributed by atoms with van der Waals surface area (Å²) in [5.41, 5.74) is 1.08. The maximum atomic E-state index is 12.5. The molecule has 2 aromatic rings. The SMILES string of the molecule is CCCC(C)NC(=O)c1cn(Cc2ccccc2)nc1OS(C)(=O)=O. The normalized spacial score (nSPS) is 12.6. The Morgan fingerprint density at radius 2 is 2.00 bits per heavy atom. The quantitative estimate of drug-likeness (QED) is 0.724. The van der Waals surface area contributed by atoms with E-state index in [0.29, 0.717) is 6.54 Å². The maximum absolute atomic E-state index is 12.5. The lowest BCUT2D eigenvalue weighted by Gasteiger charge is -2.12. The van der Waals surface area contributed by atoms with Crippen molar-refractivity contribution in [3.05, 3.63) is 47.7 Å². The Morgan fingerprint density at radius 3 is 2.60 bits per heavy atom. The second-order valence-electron chi connectivity index (χ2n) is 5.98. The third kappa shape index (κ3) is 5.90. The smallest absolute Gasteiger partial charge is 0.307 e. The third-order valence-electron chi connectivity index (χ3n) is 3.49. The zero-order valence-corrected chi connectivity index (χ0v) is 15.4. The van der Waals surface area contributed by atoms with E-state index in [1.165, 1.54) is 10.9 Å². The van der Waals surface area contributed by atoms with Crippen LogP contribution >= 0.6 is 0 Å². The molecule has 136 valence electrons. The zero-order chi connectivity index (χ0) is 18.4. The minimum atomic E-state index is -3.79. The van der Waals surface area contributed by atoms with Crippen LogP contribution in [0.4, 0.5) is 0 Å². The van der Waals surface area contributed by atoms with Gasteiger partial charge in [-0.25, -0.2) is 0 Å². The number of amides is 1. The second-order valence-corrected chi connectivity index (χ2v) is 7.56. The first-order chi connectivity index (χ1) is 11.8. The van der Waals surface area contributed by atoms with Gasteiger partial charge in [-0.1, -0.05) is 43.7 Å². The molecular weight excluding hydrogens is 342 g/mol. The van der Waals surface area contributed by atoms with E-state index < -0.39 is 16.0 Å². The lowest BCUT2D eigenvalue weighted by atomic mass is 10.2. The number of hydrogen-bond acceptors (Lipinski definition) is 5. The van der Waals surface area contributed by atoms with E-state index in [9.17, 15) is 13.2 Å². The summed E-state index contributed by atoms with van der Waals surface area (Å²) in [6.45, 7) is 4.32. The summed E-state index contributed by atoms with van der Waals surface area (Å²) < 4.78 is 29.3. The van der Waals surface area contributed by atoms with Crippen molar-refractivity contribution >= 4 is 16.0 Å². The lowest BCUT2D eigenvalue weighted by molar-refractivity contribution is 0.0937. The number of nitrogens with zero attached hydrogens (tertiary/aromatic N) is 2. The van der Waals surface area contributed by atoms with Gasteiger partial charge in [-0.05, 0) is 18.9 Å². The third-order valence-corrected chi connectivity index (χ3v) is 3.95. The molecule has 1 unspecified atom stereocenters. The molecule has 0 saturated heterocycles. The summed E-state index contributed by atoms with van der Waals surface area (Å²) in [4.78, 5) is 12.5. The van der Waals surface area contributed by atoms with Crippen LogP contribution in [0, 0.1) is 0 Å². The van der Waals surface area contributed by atoms with Crippen LogP contribution in [0.3, 0.4) is 0 Å². The molecule has 0 bridgehead atoms. The Balaban J connectivity index is 2.27. The Hall–Kier alpha value is -2.35. The Labute approximate surface area is 148 Å². The number of rotatable bonds is 8. The molecule has 1 aromatic heterocycles. The molecule has 1 atom stereocenters. The van der Waals surface area contributed by atoms with Crippen molar-refractivity contribution in [3.8, 4) is 5.88 Å². The lowest BCUT2D eigenvalue weighted by Crippen LogP contribution is -2.32. The summed E-state index contributed by atoms with van der Waals surface area (Å²) in [6, 6.07) is 9.50. The fourth-order valence-corrected chi connectivity index (χ4v) is 2.83. The van der Waals surface area contributed by atoms with E-state index in [1.807, 2.05) is 44.2 Å². The van der Waals surface area contributed by atoms with Crippen LogP contribution < -0.4 is 9.50 Å². The van der Waals surface area contributed by atoms with E-state index in [-0.39, 0.29) is 17.5 Å². The largest absolute Gasteiger partial charge is 0.359 e. The van der Waals surface area contributed by atoms with E-state index >= 15 is 0 Å². The molecule has 0 aliphatic heterocycles. The van der Waals surface area contributed by atoms with E-state index in [2.05, 4.69) is 10.4 Å². The van der Waals surface area contributed by atoms with Crippen molar-refractivity contribution in [1.29, 1.82) is 0 Å². The van der Waals surface area contributed by atoms with Crippen molar-refractivity contribution in [2.75, 3.05) is 6.26 Å². The van der Waals surface area contributed by atoms with Gasteiger partial charge in [0.2, 0.25) is 0 Å². The van der Waals surface area contributed by atoms with Crippen LogP contribution in [0.25, 0.3) is 0 Å². The molecule has 1 amide bonds. The van der Waals surface area contributed by atoms with E-state index in [1.54, 1.807) is 0 Å². The van der Waals surface area contributed by atoms with E-state index in [4.69, 9.17) is 4.18 Å². The summed E-state index contributed by atoms with van der Waals surface area (Å²) in [5.74, 6) is -0.612.